The van der Waals surface area contributed by atoms with Gasteiger partial charge in [-0.15, -0.1) is 0 Å². The molecule has 4 atom stereocenters. The Morgan fingerprint density at radius 1 is 1.15 bits per heavy atom. The lowest BCUT2D eigenvalue weighted by atomic mass is 9.94. The molecule has 2 aliphatic rings. The molecule has 2 nitrogen and oxygen atoms in total. The summed E-state index contributed by atoms with van der Waals surface area (Å²) in [5, 5.41) is 0. The lowest BCUT2D eigenvalue weighted by Gasteiger charge is -2.36. The highest BCUT2D eigenvalue weighted by molar-refractivity contribution is 4.87. The number of hydrogen-bond acceptors (Lipinski definition) is 2. The first kappa shape index (κ1) is 9.47. The van der Waals surface area contributed by atoms with Gasteiger partial charge in [-0.1, -0.05) is 6.92 Å². The fourth-order valence-electron chi connectivity index (χ4n) is 2.54. The van der Waals surface area contributed by atoms with Crippen LogP contribution in [-0.2, 0) is 9.47 Å². The summed E-state index contributed by atoms with van der Waals surface area (Å²) in [5.74, 6) is 0.432. The average Bonchev–Trinajstić information content (AvgIpc) is 2.26. The summed E-state index contributed by atoms with van der Waals surface area (Å²) in [4.78, 5) is 0. The van der Waals surface area contributed by atoms with Crippen molar-refractivity contribution in [2.75, 3.05) is 0 Å². The highest BCUT2D eigenvalue weighted by Crippen LogP contribution is 2.42. The van der Waals surface area contributed by atoms with Crippen LogP contribution in [0.5, 0.6) is 0 Å². The van der Waals surface area contributed by atoms with E-state index in [-0.39, 0.29) is 5.79 Å². The van der Waals surface area contributed by atoms with Gasteiger partial charge in [0.25, 0.3) is 0 Å². The van der Waals surface area contributed by atoms with E-state index in [0.717, 1.165) is 12.8 Å². The quantitative estimate of drug-likeness (QED) is 0.576. The highest BCUT2D eigenvalue weighted by Gasteiger charge is 2.45. The van der Waals surface area contributed by atoms with Crippen LogP contribution in [0, 0.1) is 5.92 Å². The smallest absolute Gasteiger partial charge is 0.169 e. The van der Waals surface area contributed by atoms with Crippen molar-refractivity contribution in [1.29, 1.82) is 0 Å². The summed E-state index contributed by atoms with van der Waals surface area (Å²) in [6.45, 7) is 6.56. The maximum absolute atomic E-state index is 5.95. The molecule has 13 heavy (non-hydrogen) atoms. The Morgan fingerprint density at radius 3 is 2.46 bits per heavy atom. The minimum absolute atomic E-state index is 0.212. The predicted molar refractivity (Wildman–Crippen MR) is 51.5 cm³/mol. The van der Waals surface area contributed by atoms with Gasteiger partial charge >= 0.3 is 0 Å². The standard InChI is InChI=1S/C11H20O2/c1-8-7-11(13-10(8)3)6-4-5-9(2)12-11/h8-10H,4-7H2,1-3H3. The van der Waals surface area contributed by atoms with Crippen LogP contribution in [0.4, 0.5) is 0 Å². The Bertz CT molecular complexity index is 175. The second-order valence-corrected chi connectivity index (χ2v) is 4.74. The topological polar surface area (TPSA) is 18.5 Å². The van der Waals surface area contributed by atoms with Gasteiger partial charge in [0.1, 0.15) is 0 Å². The number of rotatable bonds is 0. The summed E-state index contributed by atoms with van der Waals surface area (Å²) < 4.78 is 11.9. The van der Waals surface area contributed by atoms with E-state index in [9.17, 15) is 0 Å². The summed E-state index contributed by atoms with van der Waals surface area (Å²) in [7, 11) is 0. The Hall–Kier alpha value is -0.0800. The van der Waals surface area contributed by atoms with E-state index < -0.39 is 0 Å². The lowest BCUT2D eigenvalue weighted by molar-refractivity contribution is -0.264. The van der Waals surface area contributed by atoms with Crippen LogP contribution in [0.1, 0.15) is 46.5 Å². The van der Waals surface area contributed by atoms with Crippen LogP contribution in [0.3, 0.4) is 0 Å². The first-order valence-corrected chi connectivity index (χ1v) is 5.47. The third-order valence-electron chi connectivity index (χ3n) is 3.42. The summed E-state index contributed by atoms with van der Waals surface area (Å²) in [6, 6.07) is 0. The van der Waals surface area contributed by atoms with Crippen molar-refractivity contribution < 1.29 is 9.47 Å². The molecule has 0 radical (unpaired) electrons. The van der Waals surface area contributed by atoms with Crippen molar-refractivity contribution in [2.45, 2.75) is 64.4 Å². The number of ether oxygens (including phenoxy) is 2. The van der Waals surface area contributed by atoms with Gasteiger partial charge in [-0.2, -0.15) is 0 Å². The van der Waals surface area contributed by atoms with Gasteiger partial charge in [0.2, 0.25) is 0 Å². The van der Waals surface area contributed by atoms with Gasteiger partial charge in [-0.25, -0.2) is 0 Å². The van der Waals surface area contributed by atoms with Gasteiger partial charge < -0.3 is 9.47 Å². The average molecular weight is 184 g/mol. The Labute approximate surface area is 80.6 Å². The SMILES string of the molecule is CC1CCCC2(CC(C)C(C)O2)O1. The van der Waals surface area contributed by atoms with E-state index in [2.05, 4.69) is 20.8 Å². The van der Waals surface area contributed by atoms with E-state index in [1.54, 1.807) is 0 Å². The maximum atomic E-state index is 5.95. The zero-order valence-corrected chi connectivity index (χ0v) is 8.88. The zero-order chi connectivity index (χ0) is 9.47. The molecule has 2 aliphatic heterocycles. The van der Waals surface area contributed by atoms with Crippen molar-refractivity contribution in [3.05, 3.63) is 0 Å². The molecular weight excluding hydrogens is 164 g/mol. The van der Waals surface area contributed by atoms with E-state index in [0.29, 0.717) is 18.1 Å². The van der Waals surface area contributed by atoms with Crippen LogP contribution in [-0.4, -0.2) is 18.0 Å². The maximum Gasteiger partial charge on any atom is 0.169 e. The Kier molecular flexibility index (Phi) is 2.37. The molecule has 0 aromatic rings. The van der Waals surface area contributed by atoms with Crippen molar-refractivity contribution in [2.24, 2.45) is 5.92 Å². The molecule has 1 spiro atoms. The van der Waals surface area contributed by atoms with Crippen molar-refractivity contribution in [3.8, 4) is 0 Å². The molecule has 0 saturated carbocycles. The molecule has 2 fully saturated rings. The molecule has 2 saturated heterocycles. The van der Waals surface area contributed by atoms with E-state index >= 15 is 0 Å². The van der Waals surface area contributed by atoms with Crippen molar-refractivity contribution in [1.82, 2.24) is 0 Å². The van der Waals surface area contributed by atoms with Crippen LogP contribution in [0.2, 0.25) is 0 Å². The molecule has 2 rings (SSSR count). The van der Waals surface area contributed by atoms with Crippen LogP contribution < -0.4 is 0 Å². The minimum atomic E-state index is -0.212. The minimum Gasteiger partial charge on any atom is -0.347 e. The van der Waals surface area contributed by atoms with E-state index in [4.69, 9.17) is 9.47 Å². The summed E-state index contributed by atoms with van der Waals surface area (Å²) >= 11 is 0. The monoisotopic (exact) mass is 184 g/mol. The molecule has 0 aromatic heterocycles. The second-order valence-electron chi connectivity index (χ2n) is 4.74. The number of hydrogen-bond donors (Lipinski definition) is 0. The third kappa shape index (κ3) is 1.75. The van der Waals surface area contributed by atoms with Crippen LogP contribution in [0.25, 0.3) is 0 Å². The van der Waals surface area contributed by atoms with Gasteiger partial charge in [-0.05, 0) is 32.6 Å². The second kappa shape index (κ2) is 3.25. The zero-order valence-electron chi connectivity index (χ0n) is 8.88. The third-order valence-corrected chi connectivity index (χ3v) is 3.42. The van der Waals surface area contributed by atoms with E-state index in [1.807, 2.05) is 0 Å². The Morgan fingerprint density at radius 2 is 1.92 bits per heavy atom. The molecule has 76 valence electrons. The molecule has 0 N–H and O–H groups in total. The predicted octanol–water partition coefficient (Wildman–Crippen LogP) is 2.72. The van der Waals surface area contributed by atoms with Crippen LogP contribution >= 0.6 is 0 Å². The van der Waals surface area contributed by atoms with Gasteiger partial charge in [0.05, 0.1) is 12.2 Å². The van der Waals surface area contributed by atoms with Crippen molar-refractivity contribution >= 4 is 0 Å². The summed E-state index contributed by atoms with van der Waals surface area (Å²) in [5.41, 5.74) is 0. The molecule has 0 aliphatic carbocycles. The first-order chi connectivity index (χ1) is 6.11. The molecule has 0 aromatic carbocycles. The fraction of sp³-hybridized carbons (Fsp3) is 1.00. The Balaban J connectivity index is 2.04. The van der Waals surface area contributed by atoms with E-state index in [1.165, 1.54) is 12.8 Å². The molecular formula is C11H20O2. The normalized spacial score (nSPS) is 51.5. The van der Waals surface area contributed by atoms with Crippen LogP contribution in [0.15, 0.2) is 0 Å². The first-order valence-electron chi connectivity index (χ1n) is 5.47. The summed E-state index contributed by atoms with van der Waals surface area (Å²) in [6.07, 6.45) is 5.36. The molecule has 0 bridgehead atoms. The van der Waals surface area contributed by atoms with Gasteiger partial charge in [-0.3, -0.25) is 0 Å². The van der Waals surface area contributed by atoms with Crippen molar-refractivity contribution in [3.63, 3.8) is 0 Å². The largest absolute Gasteiger partial charge is 0.347 e. The molecule has 0 amide bonds. The fourth-order valence-corrected chi connectivity index (χ4v) is 2.54. The molecule has 4 unspecified atom stereocenters. The van der Waals surface area contributed by atoms with Gasteiger partial charge in [0.15, 0.2) is 5.79 Å². The lowest BCUT2D eigenvalue weighted by Crippen LogP contribution is -2.39. The molecule has 2 heterocycles. The van der Waals surface area contributed by atoms with Gasteiger partial charge in [0, 0.05) is 12.8 Å². The highest BCUT2D eigenvalue weighted by atomic mass is 16.7. The molecule has 2 heteroatoms.